The molecule has 23 heavy (non-hydrogen) atoms. The number of carbonyl (C=O) groups is 1. The zero-order chi connectivity index (χ0) is 15.7. The fourth-order valence-electron chi connectivity index (χ4n) is 3.35. The number of halogens is 3. The van der Waals surface area contributed by atoms with Crippen molar-refractivity contribution in [2.24, 2.45) is 0 Å². The van der Waals surface area contributed by atoms with Crippen LogP contribution in [0.2, 0.25) is 10.0 Å². The SMILES string of the molecule is CC(Oc1cc(Cl)cc(Cl)c1)C(=O)NC1CC2CCC(C1)N2.Cl. The number of fused-ring (bicyclic) bond motifs is 2. The number of ether oxygens (including phenoxy) is 1. The summed E-state index contributed by atoms with van der Waals surface area (Å²) in [6.45, 7) is 1.74. The minimum absolute atomic E-state index is 0. The van der Waals surface area contributed by atoms with Crippen molar-refractivity contribution in [2.75, 3.05) is 0 Å². The van der Waals surface area contributed by atoms with Crippen LogP contribution in [0.1, 0.15) is 32.6 Å². The average molecular weight is 380 g/mol. The molecule has 3 unspecified atom stereocenters. The van der Waals surface area contributed by atoms with E-state index in [1.807, 2.05) is 0 Å². The lowest BCUT2D eigenvalue weighted by molar-refractivity contribution is -0.128. The van der Waals surface area contributed by atoms with Crippen molar-refractivity contribution in [3.05, 3.63) is 28.2 Å². The van der Waals surface area contributed by atoms with E-state index in [0.717, 1.165) is 12.8 Å². The van der Waals surface area contributed by atoms with Gasteiger partial charge in [-0.05, 0) is 50.8 Å². The summed E-state index contributed by atoms with van der Waals surface area (Å²) in [5.41, 5.74) is 0. The van der Waals surface area contributed by atoms with Gasteiger partial charge in [-0.3, -0.25) is 4.79 Å². The van der Waals surface area contributed by atoms with Crippen LogP contribution >= 0.6 is 35.6 Å². The molecular formula is C16H21Cl3N2O2. The lowest BCUT2D eigenvalue weighted by Gasteiger charge is -2.30. The van der Waals surface area contributed by atoms with Crippen molar-refractivity contribution in [1.82, 2.24) is 10.6 Å². The summed E-state index contributed by atoms with van der Waals surface area (Å²) in [5, 5.41) is 7.64. The van der Waals surface area contributed by atoms with Gasteiger partial charge >= 0.3 is 0 Å². The highest BCUT2D eigenvalue weighted by molar-refractivity contribution is 6.34. The Bertz CT molecular complexity index is 538. The zero-order valence-corrected chi connectivity index (χ0v) is 15.2. The molecule has 7 heteroatoms. The van der Waals surface area contributed by atoms with Crippen LogP contribution in [0.5, 0.6) is 5.75 Å². The number of hydrogen-bond acceptors (Lipinski definition) is 3. The van der Waals surface area contributed by atoms with Gasteiger partial charge in [0.05, 0.1) is 0 Å². The zero-order valence-electron chi connectivity index (χ0n) is 12.9. The van der Waals surface area contributed by atoms with E-state index < -0.39 is 6.10 Å². The van der Waals surface area contributed by atoms with Gasteiger partial charge in [-0.2, -0.15) is 0 Å². The number of rotatable bonds is 4. The summed E-state index contributed by atoms with van der Waals surface area (Å²) >= 11 is 11.9. The van der Waals surface area contributed by atoms with Gasteiger partial charge < -0.3 is 15.4 Å². The minimum Gasteiger partial charge on any atom is -0.481 e. The van der Waals surface area contributed by atoms with Crippen LogP contribution in [-0.4, -0.2) is 30.1 Å². The first-order chi connectivity index (χ1) is 10.5. The van der Waals surface area contributed by atoms with Crippen molar-refractivity contribution < 1.29 is 9.53 Å². The Labute approximate surface area is 152 Å². The topological polar surface area (TPSA) is 50.4 Å². The standard InChI is InChI=1S/C16H20Cl2N2O2.ClH/c1-9(22-15-5-10(17)4-11(18)6-15)16(21)20-14-7-12-2-3-13(8-14)19-12;/h4-6,9,12-14,19H,2-3,7-8H2,1H3,(H,20,21);1H. The van der Waals surface area contributed by atoms with Gasteiger partial charge in [0.15, 0.2) is 6.10 Å². The van der Waals surface area contributed by atoms with Crippen LogP contribution in [0.4, 0.5) is 0 Å². The van der Waals surface area contributed by atoms with Gasteiger partial charge in [0.25, 0.3) is 5.91 Å². The first-order valence-corrected chi connectivity index (χ1v) is 8.44. The number of amides is 1. The average Bonchev–Trinajstić information content (AvgIpc) is 2.76. The number of hydrogen-bond donors (Lipinski definition) is 2. The third-order valence-corrected chi connectivity index (χ3v) is 4.77. The second-order valence-electron chi connectivity index (χ2n) is 6.18. The Morgan fingerprint density at radius 3 is 2.35 bits per heavy atom. The normalized spacial score (nSPS) is 27.0. The van der Waals surface area contributed by atoms with Crippen molar-refractivity contribution in [1.29, 1.82) is 0 Å². The smallest absolute Gasteiger partial charge is 0.260 e. The summed E-state index contributed by atoms with van der Waals surface area (Å²) in [6, 6.07) is 6.27. The molecule has 2 heterocycles. The highest BCUT2D eigenvalue weighted by Crippen LogP contribution is 2.27. The van der Waals surface area contributed by atoms with Crippen LogP contribution in [-0.2, 0) is 4.79 Å². The molecule has 0 saturated carbocycles. The first kappa shape index (κ1) is 18.7. The van der Waals surface area contributed by atoms with E-state index in [0.29, 0.717) is 27.9 Å². The van der Waals surface area contributed by atoms with E-state index in [2.05, 4.69) is 10.6 Å². The molecule has 3 rings (SSSR count). The predicted octanol–water partition coefficient (Wildman–Crippen LogP) is 3.58. The maximum atomic E-state index is 12.3. The van der Waals surface area contributed by atoms with Gasteiger partial charge in [0.2, 0.25) is 0 Å². The molecule has 2 aliphatic rings. The Morgan fingerprint density at radius 2 is 1.78 bits per heavy atom. The second-order valence-corrected chi connectivity index (χ2v) is 7.05. The molecule has 3 atom stereocenters. The molecule has 1 amide bonds. The Morgan fingerprint density at radius 1 is 1.22 bits per heavy atom. The monoisotopic (exact) mass is 378 g/mol. The first-order valence-electron chi connectivity index (χ1n) is 7.69. The van der Waals surface area contributed by atoms with Crippen LogP contribution in [0.25, 0.3) is 0 Å². The molecule has 0 radical (unpaired) electrons. The maximum absolute atomic E-state index is 12.3. The Hall–Kier alpha value is -0.680. The van der Waals surface area contributed by atoms with Crippen molar-refractivity contribution in [3.63, 3.8) is 0 Å². The molecule has 4 nitrogen and oxygen atoms in total. The highest BCUT2D eigenvalue weighted by Gasteiger charge is 2.34. The van der Waals surface area contributed by atoms with Gasteiger partial charge in [0.1, 0.15) is 5.75 Å². The van der Waals surface area contributed by atoms with Crippen molar-refractivity contribution >= 4 is 41.5 Å². The molecule has 2 N–H and O–H groups in total. The van der Waals surface area contributed by atoms with Crippen molar-refractivity contribution in [3.8, 4) is 5.75 Å². The van der Waals surface area contributed by atoms with E-state index in [9.17, 15) is 4.79 Å². The molecule has 0 aliphatic carbocycles. The van der Waals surface area contributed by atoms with Gasteiger partial charge in [-0.25, -0.2) is 0 Å². The number of carbonyl (C=O) groups excluding carboxylic acids is 1. The van der Waals surface area contributed by atoms with Gasteiger partial charge in [-0.1, -0.05) is 23.2 Å². The molecule has 0 spiro atoms. The second kappa shape index (κ2) is 7.93. The Balaban J connectivity index is 0.00000192. The predicted molar refractivity (Wildman–Crippen MR) is 94.9 cm³/mol. The Kier molecular flexibility index (Phi) is 6.43. The third kappa shape index (κ3) is 4.90. The molecule has 2 saturated heterocycles. The summed E-state index contributed by atoms with van der Waals surface area (Å²) in [7, 11) is 0. The summed E-state index contributed by atoms with van der Waals surface area (Å²) in [6.07, 6.45) is 3.84. The number of benzene rings is 1. The number of piperidine rings is 1. The van der Waals surface area contributed by atoms with Crippen LogP contribution < -0.4 is 15.4 Å². The fourth-order valence-corrected chi connectivity index (χ4v) is 3.85. The molecule has 2 fully saturated rings. The summed E-state index contributed by atoms with van der Waals surface area (Å²) in [5.74, 6) is 0.410. The summed E-state index contributed by atoms with van der Waals surface area (Å²) < 4.78 is 5.65. The minimum atomic E-state index is -0.581. The molecule has 1 aromatic carbocycles. The summed E-state index contributed by atoms with van der Waals surface area (Å²) in [4.78, 5) is 12.3. The molecule has 2 aliphatic heterocycles. The lowest BCUT2D eigenvalue weighted by atomic mass is 9.99. The van der Waals surface area contributed by atoms with Crippen LogP contribution in [0, 0.1) is 0 Å². The number of nitrogens with one attached hydrogen (secondary N) is 2. The quantitative estimate of drug-likeness (QED) is 0.840. The fraction of sp³-hybridized carbons (Fsp3) is 0.562. The third-order valence-electron chi connectivity index (χ3n) is 4.34. The van der Waals surface area contributed by atoms with Gasteiger partial charge in [0, 0.05) is 28.2 Å². The van der Waals surface area contributed by atoms with E-state index >= 15 is 0 Å². The van der Waals surface area contributed by atoms with Gasteiger partial charge in [-0.15, -0.1) is 12.4 Å². The van der Waals surface area contributed by atoms with E-state index in [4.69, 9.17) is 27.9 Å². The largest absolute Gasteiger partial charge is 0.481 e. The molecule has 2 bridgehead atoms. The molecule has 128 valence electrons. The van der Waals surface area contributed by atoms with E-state index in [-0.39, 0.29) is 24.4 Å². The molecular weight excluding hydrogens is 359 g/mol. The maximum Gasteiger partial charge on any atom is 0.260 e. The molecule has 1 aromatic rings. The lowest BCUT2D eigenvalue weighted by Crippen LogP contribution is -2.50. The van der Waals surface area contributed by atoms with Crippen molar-refractivity contribution in [2.45, 2.75) is 56.8 Å². The van der Waals surface area contributed by atoms with Crippen LogP contribution in [0.3, 0.4) is 0 Å². The van der Waals surface area contributed by atoms with Crippen LogP contribution in [0.15, 0.2) is 18.2 Å². The van der Waals surface area contributed by atoms with E-state index in [1.165, 1.54) is 12.8 Å². The highest BCUT2D eigenvalue weighted by atomic mass is 35.5. The molecule has 0 aromatic heterocycles. The van der Waals surface area contributed by atoms with E-state index in [1.54, 1.807) is 25.1 Å².